The number of anilines is 1. The molecule has 2 rings (SSSR count). The number of carbonyl (C=O) groups excluding carboxylic acids is 1. The maximum absolute atomic E-state index is 12.0. The summed E-state index contributed by atoms with van der Waals surface area (Å²) >= 11 is 7.40. The lowest BCUT2D eigenvalue weighted by molar-refractivity contribution is -0.141. The van der Waals surface area contributed by atoms with E-state index >= 15 is 0 Å². The van der Waals surface area contributed by atoms with Crippen LogP contribution in [0.2, 0.25) is 5.02 Å². The van der Waals surface area contributed by atoms with Gasteiger partial charge in [-0.1, -0.05) is 41.9 Å². The number of nitrogen functional groups attached to an aromatic ring is 1. The molecule has 0 radical (unpaired) electrons. The van der Waals surface area contributed by atoms with E-state index in [9.17, 15) is 4.79 Å². The van der Waals surface area contributed by atoms with Crippen LogP contribution in [0.25, 0.3) is 0 Å². The standard InChI is InChI=1S/C16H16ClNO2S/c1-20-16(19)13(11-5-3-2-4-6-11)10-21-15-8-7-12(17)9-14(15)18/h2-9,13H,10,18H2,1H3. The highest BCUT2D eigenvalue weighted by molar-refractivity contribution is 7.99. The van der Waals surface area contributed by atoms with Crippen molar-refractivity contribution in [3.63, 3.8) is 0 Å². The highest BCUT2D eigenvalue weighted by atomic mass is 35.5. The number of hydrogen-bond donors (Lipinski definition) is 1. The Hall–Kier alpha value is -1.65. The highest BCUT2D eigenvalue weighted by Crippen LogP contribution is 2.32. The molecule has 110 valence electrons. The molecular weight excluding hydrogens is 306 g/mol. The zero-order valence-corrected chi connectivity index (χ0v) is 13.2. The van der Waals surface area contributed by atoms with Crippen LogP contribution in [-0.4, -0.2) is 18.8 Å². The molecule has 1 atom stereocenters. The Kier molecular flexibility index (Phi) is 5.53. The van der Waals surface area contributed by atoms with Gasteiger partial charge in [-0.2, -0.15) is 0 Å². The predicted octanol–water partition coefficient (Wildman–Crippen LogP) is 3.97. The molecule has 2 aromatic rings. The van der Waals surface area contributed by atoms with Crippen molar-refractivity contribution in [2.24, 2.45) is 0 Å². The third-order valence-electron chi connectivity index (χ3n) is 3.06. The van der Waals surface area contributed by atoms with Gasteiger partial charge >= 0.3 is 5.97 Å². The summed E-state index contributed by atoms with van der Waals surface area (Å²) in [6.45, 7) is 0. The molecule has 0 aromatic heterocycles. The van der Waals surface area contributed by atoms with E-state index in [1.807, 2.05) is 36.4 Å². The van der Waals surface area contributed by atoms with E-state index in [-0.39, 0.29) is 11.9 Å². The highest BCUT2D eigenvalue weighted by Gasteiger charge is 2.21. The minimum atomic E-state index is -0.323. The molecule has 2 N–H and O–H groups in total. The molecule has 21 heavy (non-hydrogen) atoms. The van der Waals surface area contributed by atoms with Gasteiger partial charge in [0.15, 0.2) is 0 Å². The van der Waals surface area contributed by atoms with E-state index in [0.29, 0.717) is 16.5 Å². The summed E-state index contributed by atoms with van der Waals surface area (Å²) in [4.78, 5) is 12.9. The molecule has 2 aromatic carbocycles. The number of nitrogens with two attached hydrogens (primary N) is 1. The largest absolute Gasteiger partial charge is 0.469 e. The molecule has 0 bridgehead atoms. The van der Waals surface area contributed by atoms with E-state index in [4.69, 9.17) is 22.1 Å². The molecule has 0 spiro atoms. The number of halogens is 1. The fourth-order valence-corrected chi connectivity index (χ4v) is 3.20. The molecule has 0 saturated carbocycles. The maximum Gasteiger partial charge on any atom is 0.313 e. The molecule has 0 aliphatic heterocycles. The summed E-state index contributed by atoms with van der Waals surface area (Å²) in [6.07, 6.45) is 0. The van der Waals surface area contributed by atoms with Crippen molar-refractivity contribution in [1.82, 2.24) is 0 Å². The average molecular weight is 322 g/mol. The summed E-state index contributed by atoms with van der Waals surface area (Å²) in [6, 6.07) is 14.9. The van der Waals surface area contributed by atoms with Crippen molar-refractivity contribution < 1.29 is 9.53 Å². The molecule has 0 amide bonds. The minimum absolute atomic E-state index is 0.249. The average Bonchev–Trinajstić information content (AvgIpc) is 2.50. The van der Waals surface area contributed by atoms with Crippen LogP contribution in [0.4, 0.5) is 5.69 Å². The lowest BCUT2D eigenvalue weighted by atomic mass is 10.0. The quantitative estimate of drug-likeness (QED) is 0.514. The van der Waals surface area contributed by atoms with Crippen molar-refractivity contribution >= 4 is 35.0 Å². The van der Waals surface area contributed by atoms with E-state index in [2.05, 4.69) is 0 Å². The number of hydrogen-bond acceptors (Lipinski definition) is 4. The van der Waals surface area contributed by atoms with Crippen molar-refractivity contribution in [1.29, 1.82) is 0 Å². The number of rotatable bonds is 5. The Labute approximate surface area is 133 Å². The number of methoxy groups -OCH3 is 1. The third kappa shape index (κ3) is 4.16. The van der Waals surface area contributed by atoms with Crippen LogP contribution >= 0.6 is 23.4 Å². The van der Waals surface area contributed by atoms with Gasteiger partial charge in [-0.25, -0.2) is 0 Å². The molecule has 0 aliphatic rings. The van der Waals surface area contributed by atoms with Crippen LogP contribution in [0, 0.1) is 0 Å². The summed E-state index contributed by atoms with van der Waals surface area (Å²) < 4.78 is 4.90. The molecule has 0 heterocycles. The van der Waals surface area contributed by atoms with Crippen LogP contribution in [0.15, 0.2) is 53.4 Å². The Morgan fingerprint density at radius 2 is 2.00 bits per heavy atom. The number of carbonyl (C=O) groups is 1. The van der Waals surface area contributed by atoms with E-state index < -0.39 is 0 Å². The first-order chi connectivity index (χ1) is 10.1. The second-order valence-electron chi connectivity index (χ2n) is 4.48. The number of benzene rings is 2. The van der Waals surface area contributed by atoms with Gasteiger partial charge in [0.1, 0.15) is 0 Å². The van der Waals surface area contributed by atoms with Gasteiger partial charge in [-0.15, -0.1) is 11.8 Å². The first kappa shape index (κ1) is 15.7. The Morgan fingerprint density at radius 1 is 1.29 bits per heavy atom. The molecule has 1 unspecified atom stereocenters. The van der Waals surface area contributed by atoms with Crippen LogP contribution in [-0.2, 0) is 9.53 Å². The number of esters is 1. The Balaban J connectivity index is 2.15. The zero-order chi connectivity index (χ0) is 15.2. The van der Waals surface area contributed by atoms with Crippen molar-refractivity contribution in [3.8, 4) is 0 Å². The smallest absolute Gasteiger partial charge is 0.313 e. The van der Waals surface area contributed by atoms with Crippen LogP contribution in [0.3, 0.4) is 0 Å². The monoisotopic (exact) mass is 321 g/mol. The lowest BCUT2D eigenvalue weighted by Crippen LogP contribution is -2.16. The van der Waals surface area contributed by atoms with Gasteiger partial charge in [-0.05, 0) is 23.8 Å². The molecular formula is C16H16ClNO2S. The first-order valence-corrected chi connectivity index (χ1v) is 7.78. The van der Waals surface area contributed by atoms with Crippen molar-refractivity contribution in [2.75, 3.05) is 18.6 Å². The third-order valence-corrected chi connectivity index (χ3v) is 4.48. The molecule has 0 aliphatic carbocycles. The van der Waals surface area contributed by atoms with Gasteiger partial charge in [-0.3, -0.25) is 4.79 Å². The van der Waals surface area contributed by atoms with Crippen LogP contribution in [0.1, 0.15) is 11.5 Å². The normalized spacial score (nSPS) is 11.9. The summed E-state index contributed by atoms with van der Waals surface area (Å²) in [5, 5.41) is 0.601. The second kappa shape index (κ2) is 7.38. The maximum atomic E-state index is 12.0. The van der Waals surface area contributed by atoms with Gasteiger partial charge in [0, 0.05) is 21.4 Å². The first-order valence-electron chi connectivity index (χ1n) is 6.42. The predicted molar refractivity (Wildman–Crippen MR) is 87.8 cm³/mol. The van der Waals surface area contributed by atoms with E-state index in [1.165, 1.54) is 18.9 Å². The molecule has 5 heteroatoms. The zero-order valence-electron chi connectivity index (χ0n) is 11.6. The van der Waals surface area contributed by atoms with E-state index in [1.54, 1.807) is 12.1 Å². The van der Waals surface area contributed by atoms with Gasteiger partial charge in [0.2, 0.25) is 0 Å². The van der Waals surface area contributed by atoms with Crippen LogP contribution < -0.4 is 5.73 Å². The molecule has 3 nitrogen and oxygen atoms in total. The van der Waals surface area contributed by atoms with E-state index in [0.717, 1.165) is 10.5 Å². The summed E-state index contributed by atoms with van der Waals surface area (Å²) in [5.74, 6) is -0.0137. The second-order valence-corrected chi connectivity index (χ2v) is 5.98. The van der Waals surface area contributed by atoms with Gasteiger partial charge < -0.3 is 10.5 Å². The molecule has 0 saturated heterocycles. The van der Waals surface area contributed by atoms with Gasteiger partial charge in [0.05, 0.1) is 13.0 Å². The molecule has 0 fully saturated rings. The Bertz CT molecular complexity index is 619. The summed E-state index contributed by atoms with van der Waals surface area (Å²) in [7, 11) is 1.40. The fraction of sp³-hybridized carbons (Fsp3) is 0.188. The number of ether oxygens (including phenoxy) is 1. The lowest BCUT2D eigenvalue weighted by Gasteiger charge is -2.15. The SMILES string of the molecule is COC(=O)C(CSc1ccc(Cl)cc1N)c1ccccc1. The Morgan fingerprint density at radius 3 is 2.62 bits per heavy atom. The van der Waals surface area contributed by atoms with Gasteiger partial charge in [0.25, 0.3) is 0 Å². The van der Waals surface area contributed by atoms with Crippen LogP contribution in [0.5, 0.6) is 0 Å². The fourth-order valence-electron chi connectivity index (χ4n) is 1.95. The minimum Gasteiger partial charge on any atom is -0.469 e. The van der Waals surface area contributed by atoms with Crippen molar-refractivity contribution in [2.45, 2.75) is 10.8 Å². The topological polar surface area (TPSA) is 52.3 Å². The number of thioether (sulfide) groups is 1. The van der Waals surface area contributed by atoms with Crippen molar-refractivity contribution in [3.05, 3.63) is 59.1 Å². The summed E-state index contributed by atoms with van der Waals surface area (Å²) in [5.41, 5.74) is 7.48.